The minimum Gasteiger partial charge on any atom is -0.480 e. The van der Waals surface area contributed by atoms with Gasteiger partial charge in [0.1, 0.15) is 0 Å². The van der Waals surface area contributed by atoms with Crippen LogP contribution in [0.1, 0.15) is 90.9 Å². The van der Waals surface area contributed by atoms with E-state index in [1.165, 1.54) is 77.0 Å². The van der Waals surface area contributed by atoms with Crippen molar-refractivity contribution in [1.82, 2.24) is 10.6 Å². The number of carbonyl (C=O) groups is 1. The Morgan fingerprint density at radius 3 is 1.83 bits per heavy atom. The number of hydrogen-bond donors (Lipinski definition) is 3. The van der Waals surface area contributed by atoms with Gasteiger partial charge in [0, 0.05) is 12.6 Å². The number of unbranched alkanes of at least 4 members (excludes halogenated alkanes) is 11. The lowest BCUT2D eigenvalue weighted by Crippen LogP contribution is -2.38. The predicted octanol–water partition coefficient (Wildman–Crippen LogP) is 4.34. The van der Waals surface area contributed by atoms with E-state index in [1.807, 2.05) is 0 Å². The van der Waals surface area contributed by atoms with Crippen LogP contribution in [0.5, 0.6) is 0 Å². The van der Waals surface area contributed by atoms with Gasteiger partial charge >= 0.3 is 5.97 Å². The van der Waals surface area contributed by atoms with E-state index in [0.717, 1.165) is 6.54 Å². The lowest BCUT2D eigenvalue weighted by atomic mass is 10.1. The molecule has 0 radical (unpaired) electrons. The highest BCUT2D eigenvalue weighted by molar-refractivity contribution is 5.68. The molecule has 1 atom stereocenters. The van der Waals surface area contributed by atoms with Gasteiger partial charge in [0.2, 0.25) is 0 Å². The molecule has 0 aromatic heterocycles. The van der Waals surface area contributed by atoms with Gasteiger partial charge in [0.15, 0.2) is 0 Å². The molecule has 4 heteroatoms. The van der Waals surface area contributed by atoms with E-state index in [2.05, 4.69) is 24.5 Å². The largest absolute Gasteiger partial charge is 0.480 e. The fourth-order valence-corrected chi connectivity index (χ4v) is 2.78. The molecule has 0 rings (SSSR count). The maximum absolute atomic E-state index is 10.4. The van der Waals surface area contributed by atoms with Crippen molar-refractivity contribution in [2.75, 3.05) is 19.6 Å². The molecule has 0 aromatic carbocycles. The van der Waals surface area contributed by atoms with Crippen molar-refractivity contribution < 1.29 is 9.90 Å². The van der Waals surface area contributed by atoms with E-state index in [1.54, 1.807) is 0 Å². The molecule has 0 heterocycles. The number of hydrogen-bond acceptors (Lipinski definition) is 3. The average molecular weight is 329 g/mol. The zero-order chi connectivity index (χ0) is 17.2. The molecule has 3 N–H and O–H groups in total. The van der Waals surface area contributed by atoms with Gasteiger partial charge in [-0.2, -0.15) is 0 Å². The number of carboxylic acid groups (broad SMARTS) is 1. The molecule has 0 aliphatic rings. The van der Waals surface area contributed by atoms with Crippen LogP contribution in [0.4, 0.5) is 0 Å². The van der Waals surface area contributed by atoms with Crippen LogP contribution in [-0.2, 0) is 4.79 Å². The molecule has 0 aromatic rings. The minimum absolute atomic E-state index is 0.0463. The first-order valence-corrected chi connectivity index (χ1v) is 9.82. The quantitative estimate of drug-likeness (QED) is 0.328. The summed E-state index contributed by atoms with van der Waals surface area (Å²) in [6.45, 7) is 6.16. The molecule has 4 nitrogen and oxygen atoms in total. The Bertz CT molecular complexity index is 260. The lowest BCUT2D eigenvalue weighted by molar-refractivity contribution is -0.135. The van der Waals surface area contributed by atoms with Crippen LogP contribution in [-0.4, -0.2) is 36.8 Å². The van der Waals surface area contributed by atoms with Crippen molar-refractivity contribution in [1.29, 1.82) is 0 Å². The van der Waals surface area contributed by atoms with E-state index < -0.39 is 5.97 Å². The molecular formula is C19H40N2O2. The monoisotopic (exact) mass is 328 g/mol. The number of aliphatic carboxylic acids is 1. The van der Waals surface area contributed by atoms with Crippen LogP contribution >= 0.6 is 0 Å². The maximum Gasteiger partial charge on any atom is 0.317 e. The van der Waals surface area contributed by atoms with Crippen molar-refractivity contribution in [2.45, 2.75) is 96.9 Å². The summed E-state index contributed by atoms with van der Waals surface area (Å²) >= 11 is 0. The van der Waals surface area contributed by atoms with Crippen molar-refractivity contribution in [3.8, 4) is 0 Å². The van der Waals surface area contributed by atoms with Crippen molar-refractivity contribution in [2.24, 2.45) is 0 Å². The molecule has 0 bridgehead atoms. The molecule has 0 aliphatic heterocycles. The van der Waals surface area contributed by atoms with Crippen LogP contribution in [0.25, 0.3) is 0 Å². The zero-order valence-corrected chi connectivity index (χ0v) is 15.5. The second-order valence-electron chi connectivity index (χ2n) is 6.77. The van der Waals surface area contributed by atoms with E-state index in [9.17, 15) is 4.79 Å². The van der Waals surface area contributed by atoms with E-state index >= 15 is 0 Å². The standard InChI is InChI=1S/C19H40N2O2/c1-3-4-5-6-7-8-9-10-11-12-13-14-15-21-18(2)16-20-17-19(22)23/h18,20-21H,3-17H2,1-2H3,(H,22,23). The van der Waals surface area contributed by atoms with Gasteiger partial charge in [-0.25, -0.2) is 0 Å². The summed E-state index contributed by atoms with van der Waals surface area (Å²) in [4.78, 5) is 10.4. The molecule has 0 aliphatic carbocycles. The third kappa shape index (κ3) is 19.3. The first-order valence-electron chi connectivity index (χ1n) is 9.82. The lowest BCUT2D eigenvalue weighted by Gasteiger charge is -2.13. The second kappa shape index (κ2) is 17.7. The Hall–Kier alpha value is -0.610. The van der Waals surface area contributed by atoms with Gasteiger partial charge in [-0.3, -0.25) is 4.79 Å². The Morgan fingerprint density at radius 2 is 1.35 bits per heavy atom. The van der Waals surface area contributed by atoms with Gasteiger partial charge in [-0.05, 0) is 19.9 Å². The topological polar surface area (TPSA) is 61.4 Å². The Kier molecular flexibility index (Phi) is 17.3. The molecule has 138 valence electrons. The SMILES string of the molecule is CCCCCCCCCCCCCCNC(C)CNCC(=O)O. The summed E-state index contributed by atoms with van der Waals surface area (Å²) in [5.74, 6) is -0.793. The average Bonchev–Trinajstić information content (AvgIpc) is 2.51. The summed E-state index contributed by atoms with van der Waals surface area (Å²) in [6, 6.07) is 0.335. The van der Waals surface area contributed by atoms with Gasteiger partial charge < -0.3 is 15.7 Å². The summed E-state index contributed by atoms with van der Waals surface area (Å²) in [7, 11) is 0. The van der Waals surface area contributed by atoms with E-state index in [0.29, 0.717) is 12.6 Å². The molecule has 1 unspecified atom stereocenters. The molecule has 0 saturated heterocycles. The van der Waals surface area contributed by atoms with Crippen LogP contribution in [0.3, 0.4) is 0 Å². The highest BCUT2D eigenvalue weighted by atomic mass is 16.4. The van der Waals surface area contributed by atoms with Crippen molar-refractivity contribution >= 4 is 5.97 Å². The third-order valence-corrected chi connectivity index (χ3v) is 4.25. The molecule has 23 heavy (non-hydrogen) atoms. The molecule has 0 spiro atoms. The second-order valence-corrected chi connectivity index (χ2v) is 6.77. The highest BCUT2D eigenvalue weighted by Crippen LogP contribution is 2.11. The van der Waals surface area contributed by atoms with Crippen LogP contribution < -0.4 is 10.6 Å². The van der Waals surface area contributed by atoms with Gasteiger partial charge in [-0.1, -0.05) is 77.6 Å². The van der Waals surface area contributed by atoms with Crippen LogP contribution in [0.15, 0.2) is 0 Å². The van der Waals surface area contributed by atoms with E-state index in [4.69, 9.17) is 5.11 Å². The normalized spacial score (nSPS) is 12.4. The Labute approximate surface area is 143 Å². The van der Waals surface area contributed by atoms with Crippen LogP contribution in [0.2, 0.25) is 0 Å². The van der Waals surface area contributed by atoms with Gasteiger partial charge in [0.05, 0.1) is 6.54 Å². The summed E-state index contributed by atoms with van der Waals surface area (Å²) in [5.41, 5.74) is 0. The molecule has 0 fully saturated rings. The number of rotatable bonds is 18. The molecule has 0 amide bonds. The fourth-order valence-electron chi connectivity index (χ4n) is 2.78. The first-order chi connectivity index (χ1) is 11.2. The summed E-state index contributed by atoms with van der Waals surface area (Å²) in [6.07, 6.45) is 16.5. The maximum atomic E-state index is 10.4. The van der Waals surface area contributed by atoms with Crippen molar-refractivity contribution in [3.63, 3.8) is 0 Å². The van der Waals surface area contributed by atoms with Gasteiger partial charge in [-0.15, -0.1) is 0 Å². The first kappa shape index (κ1) is 22.4. The predicted molar refractivity (Wildman–Crippen MR) is 99.0 cm³/mol. The Balaban J connectivity index is 3.11. The third-order valence-electron chi connectivity index (χ3n) is 4.25. The summed E-state index contributed by atoms with van der Waals surface area (Å²) in [5, 5.41) is 14.9. The van der Waals surface area contributed by atoms with Crippen LogP contribution in [0, 0.1) is 0 Å². The Morgan fingerprint density at radius 1 is 0.870 bits per heavy atom. The minimum atomic E-state index is -0.793. The van der Waals surface area contributed by atoms with Gasteiger partial charge in [0.25, 0.3) is 0 Å². The fraction of sp³-hybridized carbons (Fsp3) is 0.947. The zero-order valence-electron chi connectivity index (χ0n) is 15.5. The molecular weight excluding hydrogens is 288 g/mol. The number of nitrogens with one attached hydrogen (secondary N) is 2. The smallest absolute Gasteiger partial charge is 0.317 e. The summed E-state index contributed by atoms with van der Waals surface area (Å²) < 4.78 is 0. The molecule has 0 saturated carbocycles. The highest BCUT2D eigenvalue weighted by Gasteiger charge is 2.01. The number of carboxylic acids is 1. The van der Waals surface area contributed by atoms with Crippen molar-refractivity contribution in [3.05, 3.63) is 0 Å². The van der Waals surface area contributed by atoms with E-state index in [-0.39, 0.29) is 6.54 Å².